The molecule has 0 fully saturated rings. The van der Waals surface area contributed by atoms with Gasteiger partial charge in [-0.1, -0.05) is 6.07 Å². The number of ether oxygens (including phenoxy) is 1. The predicted molar refractivity (Wildman–Crippen MR) is 80.4 cm³/mol. The molecule has 1 aromatic heterocycles. The molecule has 1 heterocycles. The Labute approximate surface area is 134 Å². The molecule has 0 aliphatic heterocycles. The van der Waals surface area contributed by atoms with Gasteiger partial charge in [-0.05, 0) is 43.3 Å². The zero-order chi connectivity index (χ0) is 17.3. The van der Waals surface area contributed by atoms with Gasteiger partial charge in [0.25, 0.3) is 0 Å². The van der Waals surface area contributed by atoms with Crippen molar-refractivity contribution in [2.24, 2.45) is 0 Å². The number of rotatable bonds is 3. The van der Waals surface area contributed by atoms with Crippen LogP contribution in [0.25, 0.3) is 22.6 Å². The van der Waals surface area contributed by atoms with Gasteiger partial charge in [0.1, 0.15) is 5.52 Å². The summed E-state index contributed by atoms with van der Waals surface area (Å²) >= 11 is 0. The van der Waals surface area contributed by atoms with Gasteiger partial charge in [-0.3, -0.25) is 0 Å². The van der Waals surface area contributed by atoms with Gasteiger partial charge >= 0.3 is 12.1 Å². The predicted octanol–water partition coefficient (Wildman–Crippen LogP) is 4.69. The first-order valence-electron chi connectivity index (χ1n) is 7.14. The van der Waals surface area contributed by atoms with Crippen molar-refractivity contribution in [3.05, 3.63) is 53.6 Å². The van der Waals surface area contributed by atoms with E-state index < -0.39 is 17.7 Å². The molecule has 2 aromatic carbocycles. The number of carbonyl (C=O) groups is 1. The first kappa shape index (κ1) is 16.0. The maximum Gasteiger partial charge on any atom is 0.416 e. The lowest BCUT2D eigenvalue weighted by molar-refractivity contribution is -0.137. The highest BCUT2D eigenvalue weighted by Gasteiger charge is 2.30. The fourth-order valence-corrected chi connectivity index (χ4v) is 2.22. The van der Waals surface area contributed by atoms with Gasteiger partial charge in [0.15, 0.2) is 5.58 Å². The normalized spacial score (nSPS) is 11.7. The summed E-state index contributed by atoms with van der Waals surface area (Å²) in [4.78, 5) is 15.9. The Kier molecular flexibility index (Phi) is 4.01. The molecule has 3 rings (SSSR count). The Morgan fingerprint density at radius 3 is 2.71 bits per heavy atom. The molecule has 124 valence electrons. The van der Waals surface area contributed by atoms with Crippen LogP contribution in [0, 0.1) is 0 Å². The molecule has 0 bridgehead atoms. The summed E-state index contributed by atoms with van der Waals surface area (Å²) in [6.45, 7) is 1.93. The number of hydrogen-bond donors (Lipinski definition) is 0. The highest BCUT2D eigenvalue weighted by Crippen LogP contribution is 2.33. The van der Waals surface area contributed by atoms with Gasteiger partial charge in [0.2, 0.25) is 5.89 Å². The zero-order valence-electron chi connectivity index (χ0n) is 12.6. The van der Waals surface area contributed by atoms with Crippen molar-refractivity contribution in [3.63, 3.8) is 0 Å². The number of aromatic nitrogens is 1. The Balaban J connectivity index is 2.01. The second-order valence-corrected chi connectivity index (χ2v) is 5.00. The third-order valence-electron chi connectivity index (χ3n) is 3.34. The smallest absolute Gasteiger partial charge is 0.416 e. The number of alkyl halides is 3. The summed E-state index contributed by atoms with van der Waals surface area (Å²) in [6, 6.07) is 9.24. The number of esters is 1. The molecule has 0 saturated carbocycles. The minimum Gasteiger partial charge on any atom is -0.462 e. The first-order chi connectivity index (χ1) is 11.4. The summed E-state index contributed by atoms with van der Waals surface area (Å²) in [5, 5.41) is 0. The van der Waals surface area contributed by atoms with Crippen LogP contribution in [0.5, 0.6) is 0 Å². The standard InChI is InChI=1S/C17H12F3NO3/c1-2-23-16(22)11-6-7-14-13(9-11)21-15(24-14)10-4-3-5-12(8-10)17(18,19)20/h3-9H,2H2,1H3. The van der Waals surface area contributed by atoms with Crippen LogP contribution < -0.4 is 0 Å². The fraction of sp³-hybridized carbons (Fsp3) is 0.176. The number of carbonyl (C=O) groups excluding carboxylic acids is 1. The maximum atomic E-state index is 12.8. The van der Waals surface area contributed by atoms with E-state index >= 15 is 0 Å². The van der Waals surface area contributed by atoms with Gasteiger partial charge in [0, 0.05) is 5.56 Å². The van der Waals surface area contributed by atoms with E-state index in [0.717, 1.165) is 12.1 Å². The highest BCUT2D eigenvalue weighted by atomic mass is 19.4. The SMILES string of the molecule is CCOC(=O)c1ccc2oc(-c3cccc(C(F)(F)F)c3)nc2c1. The summed E-state index contributed by atoms with van der Waals surface area (Å²) in [5.41, 5.74) is 0.463. The third-order valence-corrected chi connectivity index (χ3v) is 3.34. The molecule has 0 aliphatic rings. The molecule has 0 amide bonds. The molecule has 24 heavy (non-hydrogen) atoms. The summed E-state index contributed by atoms with van der Waals surface area (Å²) in [5.74, 6) is -0.444. The van der Waals surface area contributed by atoms with Crippen LogP contribution in [0.3, 0.4) is 0 Å². The van der Waals surface area contributed by atoms with E-state index in [1.807, 2.05) is 0 Å². The summed E-state index contributed by atoms with van der Waals surface area (Å²) < 4.78 is 48.8. The van der Waals surface area contributed by atoms with Crippen molar-refractivity contribution in [1.82, 2.24) is 4.98 Å². The van der Waals surface area contributed by atoms with Crippen molar-refractivity contribution in [2.45, 2.75) is 13.1 Å². The number of nitrogens with zero attached hydrogens (tertiary/aromatic N) is 1. The highest BCUT2D eigenvalue weighted by molar-refractivity contribution is 5.93. The number of benzene rings is 2. The summed E-state index contributed by atoms with van der Waals surface area (Å²) in [7, 11) is 0. The molecule has 3 aromatic rings. The van der Waals surface area contributed by atoms with Crippen LogP contribution in [-0.4, -0.2) is 17.6 Å². The molecule has 0 unspecified atom stereocenters. The quantitative estimate of drug-likeness (QED) is 0.652. The van der Waals surface area contributed by atoms with E-state index in [0.29, 0.717) is 16.7 Å². The topological polar surface area (TPSA) is 52.3 Å². The Hall–Kier alpha value is -2.83. The second kappa shape index (κ2) is 5.99. The number of hydrogen-bond acceptors (Lipinski definition) is 4. The molecule has 0 N–H and O–H groups in total. The van der Waals surface area contributed by atoms with E-state index in [1.54, 1.807) is 6.92 Å². The zero-order valence-corrected chi connectivity index (χ0v) is 12.6. The molecule has 0 atom stereocenters. The minimum absolute atomic E-state index is 0.0529. The molecule has 0 spiro atoms. The fourth-order valence-electron chi connectivity index (χ4n) is 2.22. The van der Waals surface area contributed by atoms with Crippen LogP contribution in [0.4, 0.5) is 13.2 Å². The van der Waals surface area contributed by atoms with Crippen molar-refractivity contribution in [3.8, 4) is 11.5 Å². The lowest BCUT2D eigenvalue weighted by atomic mass is 10.1. The number of fused-ring (bicyclic) bond motifs is 1. The minimum atomic E-state index is -4.45. The van der Waals surface area contributed by atoms with Crippen LogP contribution in [0.15, 0.2) is 46.9 Å². The van der Waals surface area contributed by atoms with E-state index in [2.05, 4.69) is 4.98 Å². The average molecular weight is 335 g/mol. The van der Waals surface area contributed by atoms with E-state index in [-0.39, 0.29) is 18.1 Å². The first-order valence-corrected chi connectivity index (χ1v) is 7.14. The average Bonchev–Trinajstić information content (AvgIpc) is 2.97. The molecule has 0 aliphatic carbocycles. The third kappa shape index (κ3) is 3.10. The van der Waals surface area contributed by atoms with Crippen LogP contribution in [-0.2, 0) is 10.9 Å². The second-order valence-electron chi connectivity index (χ2n) is 5.00. The Morgan fingerprint density at radius 1 is 1.21 bits per heavy atom. The largest absolute Gasteiger partial charge is 0.462 e. The van der Waals surface area contributed by atoms with Crippen molar-refractivity contribution < 1.29 is 27.1 Å². The monoisotopic (exact) mass is 335 g/mol. The van der Waals surface area contributed by atoms with E-state index in [1.165, 1.54) is 30.3 Å². The van der Waals surface area contributed by atoms with Crippen LogP contribution >= 0.6 is 0 Å². The molecular formula is C17H12F3NO3. The van der Waals surface area contributed by atoms with Crippen molar-refractivity contribution >= 4 is 17.1 Å². The molecule has 7 heteroatoms. The van der Waals surface area contributed by atoms with Gasteiger partial charge < -0.3 is 9.15 Å². The van der Waals surface area contributed by atoms with E-state index in [4.69, 9.17) is 9.15 Å². The van der Waals surface area contributed by atoms with Gasteiger partial charge in [-0.25, -0.2) is 9.78 Å². The summed E-state index contributed by atoms with van der Waals surface area (Å²) in [6.07, 6.45) is -4.45. The van der Waals surface area contributed by atoms with Crippen LogP contribution in [0.2, 0.25) is 0 Å². The van der Waals surface area contributed by atoms with Gasteiger partial charge in [0.05, 0.1) is 17.7 Å². The van der Waals surface area contributed by atoms with Crippen molar-refractivity contribution in [2.75, 3.05) is 6.61 Å². The molecule has 0 saturated heterocycles. The van der Waals surface area contributed by atoms with Crippen LogP contribution in [0.1, 0.15) is 22.8 Å². The maximum absolute atomic E-state index is 12.8. The lowest BCUT2D eigenvalue weighted by Crippen LogP contribution is -2.04. The van der Waals surface area contributed by atoms with Crippen molar-refractivity contribution in [1.29, 1.82) is 0 Å². The lowest BCUT2D eigenvalue weighted by Gasteiger charge is -2.06. The van der Waals surface area contributed by atoms with Gasteiger partial charge in [-0.15, -0.1) is 0 Å². The Bertz CT molecular complexity index is 899. The van der Waals surface area contributed by atoms with E-state index in [9.17, 15) is 18.0 Å². The Morgan fingerprint density at radius 2 is 2.00 bits per heavy atom. The molecule has 4 nitrogen and oxygen atoms in total. The molecule has 0 radical (unpaired) electrons. The number of halogens is 3. The van der Waals surface area contributed by atoms with Gasteiger partial charge in [-0.2, -0.15) is 13.2 Å². The molecular weight excluding hydrogens is 323 g/mol. The number of oxazole rings is 1.